The van der Waals surface area contributed by atoms with Crippen LogP contribution >= 0.6 is 22.9 Å². The molecular formula is C18H16ClN3O2S. The van der Waals surface area contributed by atoms with Crippen LogP contribution in [0.15, 0.2) is 46.3 Å². The SMILES string of the molecule is O=C(c1cccs1)N1CCCC(c2nc(-c3cccc(Cl)c3)no2)C1. The highest BCUT2D eigenvalue weighted by atomic mass is 35.5. The summed E-state index contributed by atoms with van der Waals surface area (Å²) in [6.45, 7) is 1.37. The topological polar surface area (TPSA) is 59.2 Å². The quantitative estimate of drug-likeness (QED) is 0.679. The standard InChI is InChI=1S/C18H16ClN3O2S/c19-14-6-1-4-12(10-14)16-20-17(24-21-16)13-5-2-8-22(11-13)18(23)15-7-3-9-25-15/h1,3-4,6-7,9-10,13H,2,5,8,11H2. The van der Waals surface area contributed by atoms with Crippen LogP contribution in [0, 0.1) is 0 Å². The molecule has 1 saturated heterocycles. The van der Waals surface area contributed by atoms with Crippen molar-refractivity contribution in [1.29, 1.82) is 0 Å². The maximum Gasteiger partial charge on any atom is 0.263 e. The van der Waals surface area contributed by atoms with Gasteiger partial charge in [0.15, 0.2) is 0 Å². The number of carbonyl (C=O) groups excluding carboxylic acids is 1. The van der Waals surface area contributed by atoms with Gasteiger partial charge in [0.05, 0.1) is 10.8 Å². The van der Waals surface area contributed by atoms with Crippen LogP contribution in [0.5, 0.6) is 0 Å². The van der Waals surface area contributed by atoms with Gasteiger partial charge in [-0.1, -0.05) is 35.0 Å². The van der Waals surface area contributed by atoms with Crippen molar-refractivity contribution in [3.05, 3.63) is 57.6 Å². The second-order valence-electron chi connectivity index (χ2n) is 6.03. The second kappa shape index (κ2) is 6.98. The molecule has 0 radical (unpaired) electrons. The molecular weight excluding hydrogens is 358 g/mol. The number of carbonyl (C=O) groups is 1. The van der Waals surface area contributed by atoms with E-state index < -0.39 is 0 Å². The van der Waals surface area contributed by atoms with E-state index in [0.717, 1.165) is 29.8 Å². The third-order valence-corrected chi connectivity index (χ3v) is 5.41. The average Bonchev–Trinajstić information content (AvgIpc) is 3.33. The van der Waals surface area contributed by atoms with Gasteiger partial charge in [-0.05, 0) is 36.4 Å². The molecule has 5 nitrogen and oxygen atoms in total. The fourth-order valence-corrected chi connectivity index (χ4v) is 3.95. The Morgan fingerprint density at radius 2 is 2.24 bits per heavy atom. The molecule has 2 aromatic heterocycles. The Labute approximate surface area is 154 Å². The van der Waals surface area contributed by atoms with Crippen molar-refractivity contribution in [1.82, 2.24) is 15.0 Å². The summed E-state index contributed by atoms with van der Waals surface area (Å²) in [5.41, 5.74) is 0.824. The van der Waals surface area contributed by atoms with Crippen LogP contribution in [0.2, 0.25) is 5.02 Å². The van der Waals surface area contributed by atoms with Gasteiger partial charge in [-0.3, -0.25) is 4.79 Å². The zero-order valence-electron chi connectivity index (χ0n) is 13.4. The van der Waals surface area contributed by atoms with Crippen LogP contribution in [-0.4, -0.2) is 34.0 Å². The first-order valence-electron chi connectivity index (χ1n) is 8.13. The van der Waals surface area contributed by atoms with Gasteiger partial charge in [0, 0.05) is 23.7 Å². The molecule has 4 rings (SSSR count). The molecule has 1 atom stereocenters. The van der Waals surface area contributed by atoms with E-state index in [0.29, 0.717) is 23.3 Å². The molecule has 25 heavy (non-hydrogen) atoms. The largest absolute Gasteiger partial charge is 0.339 e. The summed E-state index contributed by atoms with van der Waals surface area (Å²) in [6, 6.07) is 11.1. The highest BCUT2D eigenvalue weighted by molar-refractivity contribution is 7.12. The lowest BCUT2D eigenvalue weighted by Gasteiger charge is -2.30. The summed E-state index contributed by atoms with van der Waals surface area (Å²) in [4.78, 5) is 19.7. The van der Waals surface area contributed by atoms with E-state index >= 15 is 0 Å². The number of nitrogens with zero attached hydrogens (tertiary/aromatic N) is 3. The van der Waals surface area contributed by atoms with E-state index in [9.17, 15) is 4.79 Å². The smallest absolute Gasteiger partial charge is 0.263 e. The summed E-state index contributed by atoms with van der Waals surface area (Å²) in [6.07, 6.45) is 1.86. The Morgan fingerprint density at radius 1 is 1.32 bits per heavy atom. The molecule has 1 amide bonds. The number of likely N-dealkylation sites (tertiary alicyclic amines) is 1. The third-order valence-electron chi connectivity index (χ3n) is 4.31. The number of amides is 1. The average molecular weight is 374 g/mol. The van der Waals surface area contributed by atoms with Gasteiger partial charge in [0.25, 0.3) is 5.91 Å². The minimum Gasteiger partial charge on any atom is -0.339 e. The second-order valence-corrected chi connectivity index (χ2v) is 7.42. The molecule has 1 fully saturated rings. The van der Waals surface area contributed by atoms with Crippen molar-refractivity contribution in [3.8, 4) is 11.4 Å². The van der Waals surface area contributed by atoms with Gasteiger partial charge >= 0.3 is 0 Å². The fourth-order valence-electron chi connectivity index (χ4n) is 3.07. The highest BCUT2D eigenvalue weighted by Crippen LogP contribution is 2.29. The lowest BCUT2D eigenvalue weighted by molar-refractivity contribution is 0.0700. The van der Waals surface area contributed by atoms with Crippen LogP contribution in [0.4, 0.5) is 0 Å². The molecule has 0 N–H and O–H groups in total. The Morgan fingerprint density at radius 3 is 3.04 bits per heavy atom. The van der Waals surface area contributed by atoms with Gasteiger partial charge < -0.3 is 9.42 Å². The Bertz CT molecular complexity index is 878. The van der Waals surface area contributed by atoms with Crippen molar-refractivity contribution >= 4 is 28.8 Å². The van der Waals surface area contributed by atoms with E-state index in [1.54, 1.807) is 6.07 Å². The predicted molar refractivity (Wildman–Crippen MR) is 96.9 cm³/mol. The molecule has 128 valence electrons. The summed E-state index contributed by atoms with van der Waals surface area (Å²) < 4.78 is 5.48. The molecule has 3 aromatic rings. The van der Waals surface area contributed by atoms with Crippen molar-refractivity contribution in [2.45, 2.75) is 18.8 Å². The molecule has 1 aliphatic rings. The summed E-state index contributed by atoms with van der Waals surface area (Å²) >= 11 is 7.49. The number of rotatable bonds is 3. The Hall–Kier alpha value is -2.18. The van der Waals surface area contributed by atoms with Gasteiger partial charge in [-0.25, -0.2) is 0 Å². The highest BCUT2D eigenvalue weighted by Gasteiger charge is 2.29. The van der Waals surface area contributed by atoms with Gasteiger partial charge in [0.1, 0.15) is 0 Å². The van der Waals surface area contributed by atoms with Gasteiger partial charge in [-0.2, -0.15) is 4.98 Å². The van der Waals surface area contributed by atoms with E-state index in [2.05, 4.69) is 10.1 Å². The molecule has 1 unspecified atom stereocenters. The fraction of sp³-hybridized carbons (Fsp3) is 0.278. The van der Waals surface area contributed by atoms with E-state index in [4.69, 9.17) is 16.1 Å². The molecule has 0 aliphatic carbocycles. The number of benzene rings is 1. The van der Waals surface area contributed by atoms with Gasteiger partial charge in [-0.15, -0.1) is 11.3 Å². The summed E-state index contributed by atoms with van der Waals surface area (Å²) in [5, 5.41) is 6.63. The maximum absolute atomic E-state index is 12.6. The number of thiophene rings is 1. The summed E-state index contributed by atoms with van der Waals surface area (Å²) in [5.74, 6) is 1.25. The third kappa shape index (κ3) is 3.45. The molecule has 7 heteroatoms. The zero-order valence-corrected chi connectivity index (χ0v) is 15.0. The Balaban J connectivity index is 1.51. The van der Waals surface area contributed by atoms with Crippen molar-refractivity contribution in [3.63, 3.8) is 0 Å². The molecule has 0 saturated carbocycles. The number of hydrogen-bond acceptors (Lipinski definition) is 5. The number of halogens is 1. The first-order chi connectivity index (χ1) is 12.2. The monoisotopic (exact) mass is 373 g/mol. The summed E-state index contributed by atoms with van der Waals surface area (Å²) in [7, 11) is 0. The first-order valence-corrected chi connectivity index (χ1v) is 9.39. The lowest BCUT2D eigenvalue weighted by atomic mass is 9.98. The molecule has 1 aromatic carbocycles. The number of aromatic nitrogens is 2. The zero-order chi connectivity index (χ0) is 17.2. The molecule has 1 aliphatic heterocycles. The van der Waals surface area contributed by atoms with Crippen molar-refractivity contribution in [2.24, 2.45) is 0 Å². The number of hydrogen-bond donors (Lipinski definition) is 0. The molecule has 0 bridgehead atoms. The van der Waals surface area contributed by atoms with Gasteiger partial charge in [0.2, 0.25) is 11.7 Å². The minimum absolute atomic E-state index is 0.0677. The normalized spacial score (nSPS) is 17.6. The minimum atomic E-state index is 0.0677. The van der Waals surface area contributed by atoms with Crippen LogP contribution in [-0.2, 0) is 0 Å². The van der Waals surface area contributed by atoms with E-state index in [1.807, 2.05) is 40.6 Å². The molecule has 3 heterocycles. The Kier molecular flexibility index (Phi) is 4.55. The van der Waals surface area contributed by atoms with Crippen LogP contribution in [0.1, 0.15) is 34.3 Å². The maximum atomic E-state index is 12.6. The van der Waals surface area contributed by atoms with Crippen LogP contribution < -0.4 is 0 Å². The van der Waals surface area contributed by atoms with E-state index in [-0.39, 0.29) is 11.8 Å². The molecule has 0 spiro atoms. The van der Waals surface area contributed by atoms with Crippen LogP contribution in [0.25, 0.3) is 11.4 Å². The van der Waals surface area contributed by atoms with Crippen LogP contribution in [0.3, 0.4) is 0 Å². The van der Waals surface area contributed by atoms with E-state index in [1.165, 1.54) is 11.3 Å². The predicted octanol–water partition coefficient (Wildman–Crippen LogP) is 4.47. The van der Waals surface area contributed by atoms with Crippen molar-refractivity contribution < 1.29 is 9.32 Å². The van der Waals surface area contributed by atoms with Crippen molar-refractivity contribution in [2.75, 3.05) is 13.1 Å². The first kappa shape index (κ1) is 16.3. The lowest BCUT2D eigenvalue weighted by Crippen LogP contribution is -2.38. The number of piperidine rings is 1.